The van der Waals surface area contributed by atoms with Gasteiger partial charge in [-0.3, -0.25) is 0 Å². The molecule has 2 aliphatic rings. The smallest absolute Gasteiger partial charge is 0.166 e. The minimum Gasteiger partial charge on any atom is -0.371 e. The van der Waals surface area contributed by atoms with Crippen molar-refractivity contribution in [3.63, 3.8) is 0 Å². The Balaban J connectivity index is 0.000000226. The maximum atomic E-state index is 14.1. The summed E-state index contributed by atoms with van der Waals surface area (Å²) in [6.07, 6.45) is 6.17. The molecule has 0 amide bonds. The summed E-state index contributed by atoms with van der Waals surface area (Å²) in [6, 6.07) is 16.6. The van der Waals surface area contributed by atoms with E-state index in [0.717, 1.165) is 56.6 Å². The summed E-state index contributed by atoms with van der Waals surface area (Å²) < 4.78 is 43.2. The number of nitrogens with zero attached hydrogens (tertiary/aromatic N) is 5. The Morgan fingerprint density at radius 1 is 0.898 bits per heavy atom. The van der Waals surface area contributed by atoms with Gasteiger partial charge in [0.2, 0.25) is 0 Å². The van der Waals surface area contributed by atoms with Crippen LogP contribution in [0.3, 0.4) is 0 Å². The van der Waals surface area contributed by atoms with Crippen molar-refractivity contribution in [1.82, 2.24) is 24.5 Å². The highest BCUT2D eigenvalue weighted by atomic mass is 79.9. The molecule has 0 spiro atoms. The molecule has 2 fully saturated rings. The van der Waals surface area contributed by atoms with Crippen molar-refractivity contribution in [3.8, 4) is 0 Å². The molecule has 4 aromatic heterocycles. The van der Waals surface area contributed by atoms with Crippen LogP contribution < -0.4 is 10.6 Å². The third kappa shape index (κ3) is 6.66. The van der Waals surface area contributed by atoms with Crippen LogP contribution in [-0.4, -0.2) is 56.6 Å². The van der Waals surface area contributed by atoms with Gasteiger partial charge in [0.1, 0.15) is 23.2 Å². The lowest BCUT2D eigenvalue weighted by Gasteiger charge is -2.24. The second-order valence-corrected chi connectivity index (χ2v) is 14.1. The molecule has 6 aromatic rings. The van der Waals surface area contributed by atoms with Gasteiger partial charge in [0, 0.05) is 35.5 Å². The van der Waals surface area contributed by atoms with E-state index >= 15 is 0 Å². The first kappa shape index (κ1) is 33.5. The fraction of sp³-hybridized carbons (Fsp3) is 0.333. The summed E-state index contributed by atoms with van der Waals surface area (Å²) in [4.78, 5) is 17.2. The zero-order valence-corrected chi connectivity index (χ0v) is 29.7. The zero-order valence-electron chi connectivity index (χ0n) is 27.3. The van der Waals surface area contributed by atoms with Gasteiger partial charge in [-0.2, -0.15) is 0 Å². The first-order valence-electron chi connectivity index (χ1n) is 16.1. The number of benzene rings is 2. The Hall–Kier alpha value is -3.97. The Labute approximate surface area is 295 Å². The summed E-state index contributed by atoms with van der Waals surface area (Å²) in [6.45, 7) is 3.94. The van der Waals surface area contributed by atoms with Gasteiger partial charge in [0.25, 0.3) is 0 Å². The monoisotopic (exact) mass is 749 g/mol. The summed E-state index contributed by atoms with van der Waals surface area (Å²) in [7, 11) is 3.32. The molecule has 8 rings (SSSR count). The van der Waals surface area contributed by atoms with Crippen LogP contribution in [0.2, 0.25) is 5.15 Å². The molecule has 254 valence electrons. The molecule has 0 bridgehead atoms. The minimum atomic E-state index is -0.637. The number of rotatable bonds is 6. The van der Waals surface area contributed by atoms with E-state index in [-0.39, 0.29) is 41.5 Å². The largest absolute Gasteiger partial charge is 0.371 e. The summed E-state index contributed by atoms with van der Waals surface area (Å²) >= 11 is 9.64. The third-order valence-corrected chi connectivity index (χ3v) is 10.0. The molecule has 0 radical (unpaired) electrons. The van der Waals surface area contributed by atoms with Gasteiger partial charge < -0.3 is 24.7 Å². The van der Waals surface area contributed by atoms with Gasteiger partial charge in [-0.15, -0.1) is 0 Å². The number of halogens is 4. The number of nitrogens with one attached hydrogen (secondary N) is 2. The van der Waals surface area contributed by atoms with E-state index in [9.17, 15) is 8.78 Å². The zero-order chi connectivity index (χ0) is 34.4. The van der Waals surface area contributed by atoms with E-state index in [4.69, 9.17) is 21.1 Å². The van der Waals surface area contributed by atoms with E-state index in [1.807, 2.05) is 56.4 Å². The normalized spacial score (nSPS) is 21.1. The molecular formula is C36H35BrClF2N7O2. The van der Waals surface area contributed by atoms with Gasteiger partial charge in [0.05, 0.1) is 28.6 Å². The van der Waals surface area contributed by atoms with Crippen LogP contribution in [0.1, 0.15) is 38.3 Å². The van der Waals surface area contributed by atoms with Crippen LogP contribution in [-0.2, 0) is 15.9 Å². The number of aryl methyl sites for hydroxylation is 1. The number of pyridine rings is 2. The molecule has 1 saturated carbocycles. The molecule has 4 atom stereocenters. The van der Waals surface area contributed by atoms with Crippen LogP contribution in [0.15, 0.2) is 71.6 Å². The molecular weight excluding hydrogens is 716 g/mol. The fourth-order valence-corrected chi connectivity index (χ4v) is 7.52. The van der Waals surface area contributed by atoms with Crippen molar-refractivity contribution in [1.29, 1.82) is 0 Å². The highest BCUT2D eigenvalue weighted by Gasteiger charge is 2.54. The van der Waals surface area contributed by atoms with Crippen LogP contribution in [0.4, 0.5) is 20.4 Å². The van der Waals surface area contributed by atoms with Crippen molar-refractivity contribution in [2.24, 2.45) is 5.92 Å². The maximum Gasteiger partial charge on any atom is 0.166 e. The standard InChI is InChI=1S/C26H27ClFN5O2.C10H8BrFN2/c1-26(2)34-21-16(7-5-14-4-6-15-11-18(28)24(29-3)32-19(15)10-14)12-20(22(21)35-26)33-9-8-17-23(27)30-13-31-25(17)33;1-13-10-8(12)4-6-2-3-7(11)5-9(6)14-10/h4,6,8-11,13,16,20-22H,5,7,12H2,1-3H3,(H,29,32);2-5H,1H3,(H,13,14)/t16-,20+,21+,22-;/m0./s1. The van der Waals surface area contributed by atoms with E-state index in [2.05, 4.69) is 57.1 Å². The average Bonchev–Trinajstić information content (AvgIpc) is 3.75. The lowest BCUT2D eigenvalue weighted by atomic mass is 9.95. The van der Waals surface area contributed by atoms with Gasteiger partial charge in [0.15, 0.2) is 29.1 Å². The molecule has 2 N–H and O–H groups in total. The van der Waals surface area contributed by atoms with Crippen molar-refractivity contribution in [2.75, 3.05) is 24.7 Å². The highest BCUT2D eigenvalue weighted by molar-refractivity contribution is 9.10. The lowest BCUT2D eigenvalue weighted by molar-refractivity contribution is -0.160. The van der Waals surface area contributed by atoms with E-state index in [1.165, 1.54) is 24.0 Å². The Bertz CT molecular complexity index is 2180. The molecule has 9 nitrogen and oxygen atoms in total. The first-order chi connectivity index (χ1) is 23.5. The van der Waals surface area contributed by atoms with Crippen molar-refractivity contribution >= 4 is 72.0 Å². The predicted molar refractivity (Wildman–Crippen MR) is 192 cm³/mol. The minimum absolute atomic E-state index is 0.00618. The average molecular weight is 751 g/mol. The molecule has 1 aliphatic carbocycles. The summed E-state index contributed by atoms with van der Waals surface area (Å²) in [5.74, 6) is -0.467. The topological polar surface area (TPSA) is 99.0 Å². The second-order valence-electron chi connectivity index (χ2n) is 12.8. The molecule has 1 aliphatic heterocycles. The van der Waals surface area contributed by atoms with E-state index in [1.54, 1.807) is 14.1 Å². The molecule has 5 heterocycles. The van der Waals surface area contributed by atoms with Gasteiger partial charge in [-0.25, -0.2) is 28.7 Å². The molecule has 1 saturated heterocycles. The van der Waals surface area contributed by atoms with Crippen LogP contribution in [0.25, 0.3) is 32.8 Å². The Morgan fingerprint density at radius 3 is 2.24 bits per heavy atom. The predicted octanol–water partition coefficient (Wildman–Crippen LogP) is 8.71. The number of fused-ring (bicyclic) bond motifs is 4. The molecule has 13 heteroatoms. The maximum absolute atomic E-state index is 14.1. The molecule has 49 heavy (non-hydrogen) atoms. The quantitative estimate of drug-likeness (QED) is 0.163. The van der Waals surface area contributed by atoms with Crippen molar-refractivity contribution in [2.45, 2.75) is 57.1 Å². The Kier molecular flexibility index (Phi) is 9.16. The van der Waals surface area contributed by atoms with Crippen LogP contribution in [0, 0.1) is 17.6 Å². The summed E-state index contributed by atoms with van der Waals surface area (Å²) in [5.41, 5.74) is 3.54. The van der Waals surface area contributed by atoms with Crippen LogP contribution in [0.5, 0.6) is 0 Å². The second kappa shape index (κ2) is 13.4. The molecule has 2 aromatic carbocycles. The number of aromatic nitrogens is 5. The third-order valence-electron chi connectivity index (χ3n) is 9.22. The number of hydrogen-bond acceptors (Lipinski definition) is 8. The summed E-state index contributed by atoms with van der Waals surface area (Å²) in [5, 5.41) is 8.40. The van der Waals surface area contributed by atoms with E-state index < -0.39 is 5.79 Å². The van der Waals surface area contributed by atoms with Gasteiger partial charge in [-0.05, 0) is 81.0 Å². The number of ether oxygens (including phenoxy) is 2. The first-order valence-corrected chi connectivity index (χ1v) is 17.2. The van der Waals surface area contributed by atoms with Crippen molar-refractivity contribution in [3.05, 3.63) is 93.9 Å². The SMILES string of the molecule is CNc1nc2cc(Br)ccc2cc1F.CNc1nc2cc(CC[C@H]3C[C@@H](n4ccc5c(Cl)ncnc54)[C@@H]4OC(C)(C)O[C@H]34)ccc2cc1F. The number of anilines is 2. The van der Waals surface area contributed by atoms with E-state index in [0.29, 0.717) is 11.1 Å². The van der Waals surface area contributed by atoms with Crippen LogP contribution >= 0.6 is 27.5 Å². The fourth-order valence-electron chi connectivity index (χ4n) is 6.98. The lowest BCUT2D eigenvalue weighted by Crippen LogP contribution is -2.27. The Morgan fingerprint density at radius 2 is 1.55 bits per heavy atom. The van der Waals surface area contributed by atoms with Crippen molar-refractivity contribution < 1.29 is 18.3 Å². The van der Waals surface area contributed by atoms with Gasteiger partial charge >= 0.3 is 0 Å². The molecule has 0 unspecified atom stereocenters. The number of hydrogen-bond donors (Lipinski definition) is 2. The highest BCUT2D eigenvalue weighted by Crippen LogP contribution is 2.49. The van der Waals surface area contributed by atoms with Gasteiger partial charge in [-0.1, -0.05) is 45.7 Å².